The fourth-order valence-electron chi connectivity index (χ4n) is 2.20. The summed E-state index contributed by atoms with van der Waals surface area (Å²) in [5, 5.41) is 11.8. The van der Waals surface area contributed by atoms with Crippen LogP contribution in [0.25, 0.3) is 0 Å². The van der Waals surface area contributed by atoms with Crippen molar-refractivity contribution in [2.24, 2.45) is 0 Å². The zero-order valence-electron chi connectivity index (χ0n) is 13.7. The van der Waals surface area contributed by atoms with Crippen LogP contribution >= 0.6 is 0 Å². The van der Waals surface area contributed by atoms with Gasteiger partial charge in [-0.05, 0) is 19.1 Å². The van der Waals surface area contributed by atoms with Gasteiger partial charge in [0.25, 0.3) is 5.91 Å². The second-order valence-corrected chi connectivity index (χ2v) is 4.86. The molecule has 1 heterocycles. The molecule has 0 radical (unpaired) electrons. The van der Waals surface area contributed by atoms with Gasteiger partial charge in [0.05, 0.1) is 13.7 Å². The molecular weight excluding hydrogens is 314 g/mol. The first kappa shape index (κ1) is 17.4. The van der Waals surface area contributed by atoms with E-state index in [4.69, 9.17) is 19.0 Å². The third-order valence-corrected chi connectivity index (χ3v) is 3.31. The van der Waals surface area contributed by atoms with Gasteiger partial charge in [0, 0.05) is 24.2 Å². The predicted molar refractivity (Wildman–Crippen MR) is 87.2 cm³/mol. The van der Waals surface area contributed by atoms with E-state index in [0.717, 1.165) is 0 Å². The van der Waals surface area contributed by atoms with Gasteiger partial charge in [-0.15, -0.1) is 0 Å². The summed E-state index contributed by atoms with van der Waals surface area (Å²) < 4.78 is 16.0. The number of benzene rings is 1. The lowest BCUT2D eigenvalue weighted by Crippen LogP contribution is -2.11. The summed E-state index contributed by atoms with van der Waals surface area (Å²) in [6.45, 7) is 4.11. The minimum atomic E-state index is -1.13. The zero-order valence-corrected chi connectivity index (χ0v) is 13.7. The number of hydrogen-bond donors (Lipinski definition) is 2. The summed E-state index contributed by atoms with van der Waals surface area (Å²) >= 11 is 0. The minimum Gasteiger partial charge on any atom is -0.493 e. The van der Waals surface area contributed by atoms with Crippen molar-refractivity contribution >= 4 is 17.6 Å². The lowest BCUT2D eigenvalue weighted by atomic mass is 10.2. The van der Waals surface area contributed by atoms with E-state index in [9.17, 15) is 9.59 Å². The van der Waals surface area contributed by atoms with E-state index >= 15 is 0 Å². The molecule has 1 aromatic carbocycles. The smallest absolute Gasteiger partial charge is 0.339 e. The monoisotopic (exact) mass is 333 g/mol. The minimum absolute atomic E-state index is 0.00748. The molecule has 2 rings (SSSR count). The molecule has 2 N–H and O–H groups in total. The number of furan rings is 1. The number of hydrogen-bond acceptors (Lipinski definition) is 5. The van der Waals surface area contributed by atoms with Crippen molar-refractivity contribution in [3.05, 3.63) is 41.3 Å². The van der Waals surface area contributed by atoms with Crippen molar-refractivity contribution in [3.63, 3.8) is 0 Å². The number of aromatic carboxylic acids is 1. The van der Waals surface area contributed by atoms with Gasteiger partial charge in [0.2, 0.25) is 0 Å². The van der Waals surface area contributed by atoms with Crippen LogP contribution in [0, 0.1) is 0 Å². The van der Waals surface area contributed by atoms with E-state index in [1.807, 2.05) is 6.92 Å². The molecule has 0 saturated carbocycles. The van der Waals surface area contributed by atoms with Crippen molar-refractivity contribution in [1.29, 1.82) is 0 Å². The van der Waals surface area contributed by atoms with Crippen LogP contribution < -0.4 is 14.8 Å². The highest BCUT2D eigenvalue weighted by molar-refractivity contribution is 6.04. The van der Waals surface area contributed by atoms with Gasteiger partial charge < -0.3 is 24.3 Å². The number of carboxylic acids is 1. The van der Waals surface area contributed by atoms with Crippen LogP contribution in [0.15, 0.2) is 28.7 Å². The number of anilines is 1. The molecule has 0 atom stereocenters. The molecule has 1 aromatic heterocycles. The summed E-state index contributed by atoms with van der Waals surface area (Å²) in [7, 11) is 1.50. The highest BCUT2D eigenvalue weighted by Gasteiger charge is 2.20. The Morgan fingerprint density at radius 2 is 1.96 bits per heavy atom. The third-order valence-electron chi connectivity index (χ3n) is 3.31. The van der Waals surface area contributed by atoms with E-state index in [1.165, 1.54) is 13.2 Å². The Morgan fingerprint density at radius 1 is 1.21 bits per heavy atom. The Hall–Kier alpha value is -2.96. The summed E-state index contributed by atoms with van der Waals surface area (Å²) in [6, 6.07) is 6.18. The second kappa shape index (κ2) is 7.54. The van der Waals surface area contributed by atoms with Crippen molar-refractivity contribution in [1.82, 2.24) is 0 Å². The van der Waals surface area contributed by atoms with Crippen LogP contribution in [0.5, 0.6) is 11.5 Å². The molecule has 0 unspecified atom stereocenters. The lowest BCUT2D eigenvalue weighted by molar-refractivity contribution is 0.0694. The quantitative estimate of drug-likeness (QED) is 0.807. The number of carboxylic acid groups (broad SMARTS) is 1. The maximum atomic E-state index is 12.3. The van der Waals surface area contributed by atoms with Crippen molar-refractivity contribution in [2.75, 3.05) is 19.0 Å². The predicted octanol–water partition coefficient (Wildman–Crippen LogP) is 3.20. The highest BCUT2D eigenvalue weighted by atomic mass is 16.5. The molecule has 128 valence electrons. The van der Waals surface area contributed by atoms with Gasteiger partial charge >= 0.3 is 5.97 Å². The molecule has 0 aliphatic carbocycles. The van der Waals surface area contributed by atoms with Gasteiger partial charge in [-0.1, -0.05) is 6.92 Å². The Bertz CT molecular complexity index is 750. The maximum absolute atomic E-state index is 12.3. The maximum Gasteiger partial charge on any atom is 0.339 e. The molecule has 0 bridgehead atoms. The number of aryl methyl sites for hydroxylation is 1. The van der Waals surface area contributed by atoms with Gasteiger partial charge in [-0.25, -0.2) is 4.79 Å². The van der Waals surface area contributed by atoms with Crippen LogP contribution in [0.2, 0.25) is 0 Å². The van der Waals surface area contributed by atoms with Gasteiger partial charge in [-0.3, -0.25) is 4.79 Å². The first-order valence-corrected chi connectivity index (χ1v) is 7.48. The van der Waals surface area contributed by atoms with Crippen molar-refractivity contribution in [3.8, 4) is 11.5 Å². The van der Waals surface area contributed by atoms with Crippen LogP contribution in [-0.2, 0) is 6.42 Å². The first-order chi connectivity index (χ1) is 11.5. The Morgan fingerprint density at radius 3 is 2.50 bits per heavy atom. The number of rotatable bonds is 7. The van der Waals surface area contributed by atoms with Gasteiger partial charge in [0.15, 0.2) is 17.3 Å². The van der Waals surface area contributed by atoms with Crippen molar-refractivity contribution in [2.45, 2.75) is 20.3 Å². The second-order valence-electron chi connectivity index (χ2n) is 4.86. The summed E-state index contributed by atoms with van der Waals surface area (Å²) in [6.07, 6.45) is 0.381. The van der Waals surface area contributed by atoms with Crippen LogP contribution in [0.3, 0.4) is 0 Å². The van der Waals surface area contributed by atoms with Crippen LogP contribution in [0.1, 0.15) is 40.5 Å². The van der Waals surface area contributed by atoms with Gasteiger partial charge in [-0.2, -0.15) is 0 Å². The molecule has 7 nitrogen and oxygen atoms in total. The topological polar surface area (TPSA) is 98.0 Å². The van der Waals surface area contributed by atoms with Crippen molar-refractivity contribution < 1.29 is 28.6 Å². The normalized spacial score (nSPS) is 10.3. The molecule has 0 fully saturated rings. The molecule has 0 aliphatic rings. The summed E-state index contributed by atoms with van der Waals surface area (Å²) in [4.78, 5) is 23.4. The SMILES string of the molecule is CCOc1ccc(NC(=O)c2cc(C(=O)O)c(CC)o2)cc1OC. The Labute approximate surface area is 139 Å². The fraction of sp³-hybridized carbons (Fsp3) is 0.294. The molecule has 0 aliphatic heterocycles. The number of carbonyl (C=O) groups excluding carboxylic acids is 1. The first-order valence-electron chi connectivity index (χ1n) is 7.48. The van der Waals surface area contributed by atoms with E-state index in [0.29, 0.717) is 30.2 Å². The zero-order chi connectivity index (χ0) is 17.7. The molecule has 7 heteroatoms. The van der Waals surface area contributed by atoms with E-state index in [-0.39, 0.29) is 17.1 Å². The summed E-state index contributed by atoms with van der Waals surface area (Å²) in [5.41, 5.74) is 0.471. The average molecular weight is 333 g/mol. The lowest BCUT2D eigenvalue weighted by Gasteiger charge is -2.11. The number of methoxy groups -OCH3 is 1. The van der Waals surface area contributed by atoms with E-state index in [1.54, 1.807) is 25.1 Å². The third kappa shape index (κ3) is 3.68. The number of amides is 1. The molecule has 0 saturated heterocycles. The average Bonchev–Trinajstić information content (AvgIpc) is 3.01. The van der Waals surface area contributed by atoms with E-state index in [2.05, 4.69) is 5.32 Å². The Balaban J connectivity index is 2.22. The number of nitrogens with one attached hydrogen (secondary N) is 1. The molecule has 2 aromatic rings. The van der Waals surface area contributed by atoms with E-state index < -0.39 is 11.9 Å². The molecule has 1 amide bonds. The molecule has 0 spiro atoms. The van der Waals surface area contributed by atoms with Gasteiger partial charge in [0.1, 0.15) is 11.3 Å². The number of carbonyl (C=O) groups is 2. The van der Waals surface area contributed by atoms with Crippen LogP contribution in [-0.4, -0.2) is 30.7 Å². The highest BCUT2D eigenvalue weighted by Crippen LogP contribution is 2.30. The number of ether oxygens (including phenoxy) is 2. The fourth-order valence-corrected chi connectivity index (χ4v) is 2.20. The molecule has 24 heavy (non-hydrogen) atoms. The molecular formula is C17H19NO6. The largest absolute Gasteiger partial charge is 0.493 e. The standard InChI is InChI=1S/C17H19NO6/c1-4-12-11(17(20)21)9-15(24-12)16(19)18-10-6-7-13(23-5-2)14(8-10)22-3/h6-9H,4-5H2,1-3H3,(H,18,19)(H,20,21). The Kier molecular flexibility index (Phi) is 5.47. The summed E-state index contributed by atoms with van der Waals surface area (Å²) in [5.74, 6) is -0.415. The van der Waals surface area contributed by atoms with Crippen LogP contribution in [0.4, 0.5) is 5.69 Å².